The number of aromatic nitrogens is 1. The van der Waals surface area contributed by atoms with E-state index in [2.05, 4.69) is 57.8 Å². The van der Waals surface area contributed by atoms with Crippen molar-refractivity contribution >= 4 is 117 Å². The number of aliphatic imine (C=N–C) groups is 1. The number of hydrogen-bond acceptors (Lipinski definition) is 22. The summed E-state index contributed by atoms with van der Waals surface area (Å²) < 4.78 is 0. The number of nitrogens with zero attached hydrogens (tertiary/aromatic N) is 4. The zero-order valence-electron chi connectivity index (χ0n) is 68.8. The highest BCUT2D eigenvalue weighted by Gasteiger charge is 2.49. The van der Waals surface area contributed by atoms with Crippen LogP contribution in [0.4, 0.5) is 0 Å². The molecule has 6 rings (SSSR count). The van der Waals surface area contributed by atoms with Crippen LogP contribution in [0.2, 0.25) is 0 Å². The van der Waals surface area contributed by atoms with Gasteiger partial charge in [0.05, 0.1) is 12.5 Å². The summed E-state index contributed by atoms with van der Waals surface area (Å²) in [7, 11) is 0. The van der Waals surface area contributed by atoms with E-state index in [1.807, 2.05) is 0 Å². The first-order valence-corrected chi connectivity index (χ1v) is 41.1. The number of phenols is 1. The topological polar surface area (TPSA) is 673 Å². The number of phenolic OH excluding ortho intramolecular Hbond substituents is 1. The summed E-state index contributed by atoms with van der Waals surface area (Å²) in [5.41, 5.74) is 36.6. The normalized spacial score (nSPS) is 19.5. The number of primary amides is 1. The number of rotatable bonds is 46. The van der Waals surface area contributed by atoms with Crippen LogP contribution in [0, 0.1) is 11.8 Å². The van der Waals surface area contributed by atoms with Gasteiger partial charge in [-0.15, -0.1) is 0 Å². The Morgan fingerprint density at radius 2 is 1.13 bits per heavy atom. The van der Waals surface area contributed by atoms with E-state index < -0.39 is 224 Å². The van der Waals surface area contributed by atoms with Crippen molar-refractivity contribution in [1.82, 2.24) is 67.5 Å². The Morgan fingerprint density at radius 1 is 0.562 bits per heavy atom. The molecule has 3 fully saturated rings. The monoisotopic (exact) mass is 1700 g/mol. The van der Waals surface area contributed by atoms with Gasteiger partial charge in [0.1, 0.15) is 78.3 Å². The lowest BCUT2D eigenvalue weighted by atomic mass is 9.99. The molecule has 1 aromatic heterocycles. The number of carboxylic acid groups (broad SMARTS) is 3. The molecule has 0 saturated carbocycles. The standard InChI is InChI=1S/C80H120N20O21/c1-43(2)37-55(94-67(108)49(83)28-30-65(104)105)69(110)95-56(39-45-24-26-47(101)27-25-45)70(111)90-51(29-31-66(106)107)68(109)96-58(41-63(84)102)72(113)91-52(17-7-9-32-81)76(117)99-36-14-22-62(99)78(119)100-61(20-12-34-87-80(85)86)74(115)93-53(18-8-10-33-82)75(116)98-35-13-21-60(98)73(114)97-57(40-46-42-88-50-16-6-5-15-48(46)50)71(112)92-54(77(100)118)19-11-23-64(103)89-59(79(120)121)38-44(3)4/h5-6,15-16,24-27,42-44,49,51-62,88,101H,7-14,17-23,28-41,81-83H2,1-4H3,(H2,84,102)(H,89,103)(H,90,111)(H,91,113)(H,92,112)(H,93,115)(H,94,108)(H,95,110)(H,96,109)(H,97,114)(H,104,105)(H,106,107)(H,120,121)(H4,85,86,87)/t49-,51-,52-,53-,54-,55-,56-,57-,58-,59-,60-,61-,62-/m0/s1. The lowest BCUT2D eigenvalue weighted by molar-refractivity contribution is -0.159. The van der Waals surface area contributed by atoms with E-state index in [0.29, 0.717) is 39.8 Å². The van der Waals surface area contributed by atoms with Gasteiger partial charge in [0, 0.05) is 68.8 Å². The Hall–Kier alpha value is -11.9. The molecule has 0 bridgehead atoms. The minimum Gasteiger partial charge on any atom is -0.508 e. The first-order valence-electron chi connectivity index (χ1n) is 41.1. The van der Waals surface area contributed by atoms with E-state index in [1.54, 1.807) is 58.2 Å². The van der Waals surface area contributed by atoms with Crippen molar-refractivity contribution in [2.24, 2.45) is 51.2 Å². The molecule has 3 aromatic rings. The van der Waals surface area contributed by atoms with E-state index in [-0.39, 0.29) is 153 Å². The number of aromatic amines is 1. The summed E-state index contributed by atoms with van der Waals surface area (Å²) in [5, 5.41) is 63.2. The number of amides is 14. The molecular weight excluding hydrogens is 1580 g/mol. The number of aliphatic carboxylic acids is 3. The number of H-pyrrole nitrogens is 1. The van der Waals surface area contributed by atoms with Crippen LogP contribution in [0.3, 0.4) is 0 Å². The number of carbonyl (C=O) groups is 17. The largest absolute Gasteiger partial charge is 0.508 e. The number of aromatic hydroxyl groups is 1. The molecule has 0 radical (unpaired) electrons. The van der Waals surface area contributed by atoms with Crippen LogP contribution in [0.1, 0.15) is 180 Å². The number of nitrogens with two attached hydrogens (primary N) is 6. The van der Waals surface area contributed by atoms with E-state index in [1.165, 1.54) is 29.2 Å². The minimum absolute atomic E-state index is 0.00558. The number of guanidine groups is 1. The van der Waals surface area contributed by atoms with E-state index in [4.69, 9.17) is 34.4 Å². The molecule has 26 N–H and O–H groups in total. The second kappa shape index (κ2) is 48.4. The molecule has 3 aliphatic heterocycles. The van der Waals surface area contributed by atoms with Gasteiger partial charge in [-0.25, -0.2) is 4.79 Å². The number of carboxylic acids is 3. The number of hydrogen-bond donors (Lipinski definition) is 20. The van der Waals surface area contributed by atoms with E-state index >= 15 is 28.8 Å². The Labute approximate surface area is 700 Å². The Morgan fingerprint density at radius 3 is 1.79 bits per heavy atom. The lowest BCUT2D eigenvalue weighted by Gasteiger charge is -2.37. The van der Waals surface area contributed by atoms with Crippen LogP contribution >= 0.6 is 0 Å². The van der Waals surface area contributed by atoms with Crippen molar-refractivity contribution in [3.05, 3.63) is 65.9 Å². The molecule has 666 valence electrons. The summed E-state index contributed by atoms with van der Waals surface area (Å²) in [5.74, 6) is -19.8. The van der Waals surface area contributed by atoms with Crippen LogP contribution in [0.25, 0.3) is 10.9 Å². The fourth-order valence-corrected chi connectivity index (χ4v) is 14.8. The van der Waals surface area contributed by atoms with Crippen molar-refractivity contribution in [2.75, 3.05) is 32.7 Å². The number of carbonyl (C=O) groups excluding carboxylic acids is 14. The van der Waals surface area contributed by atoms with Gasteiger partial charge >= 0.3 is 17.9 Å². The molecule has 13 atom stereocenters. The van der Waals surface area contributed by atoms with Gasteiger partial charge in [0.15, 0.2) is 5.96 Å². The fourth-order valence-electron chi connectivity index (χ4n) is 14.8. The van der Waals surface area contributed by atoms with E-state index in [9.17, 15) is 73.2 Å². The zero-order chi connectivity index (χ0) is 89.3. The van der Waals surface area contributed by atoms with E-state index in [0.717, 1.165) is 4.90 Å². The number of benzene rings is 2. The van der Waals surface area contributed by atoms with Gasteiger partial charge in [-0.05, 0) is 170 Å². The summed E-state index contributed by atoms with van der Waals surface area (Å²) >= 11 is 0. The Kier molecular flexibility index (Phi) is 39.2. The molecular formula is C80H120N20O21. The Balaban J connectivity index is 1.44. The summed E-state index contributed by atoms with van der Waals surface area (Å²) in [6.07, 6.45) is -3.61. The quantitative estimate of drug-likeness (QED) is 0.0119. The second-order valence-corrected chi connectivity index (χ2v) is 31.6. The van der Waals surface area contributed by atoms with Crippen molar-refractivity contribution in [2.45, 2.75) is 260 Å². The van der Waals surface area contributed by atoms with Crippen molar-refractivity contribution in [1.29, 1.82) is 0 Å². The smallest absolute Gasteiger partial charge is 0.326 e. The first-order chi connectivity index (χ1) is 57.4. The van der Waals surface area contributed by atoms with Gasteiger partial charge in [0.2, 0.25) is 70.9 Å². The zero-order valence-corrected chi connectivity index (χ0v) is 68.8. The van der Waals surface area contributed by atoms with Crippen LogP contribution in [0.15, 0.2) is 59.7 Å². The van der Waals surface area contributed by atoms with Crippen LogP contribution in [-0.4, -0.2) is 258 Å². The number of imide groups is 1. The molecule has 0 spiro atoms. The molecule has 41 heteroatoms. The second-order valence-electron chi connectivity index (χ2n) is 31.6. The molecule has 0 unspecified atom stereocenters. The molecule has 2 aromatic carbocycles. The fraction of sp³-hybridized carbons (Fsp3) is 0.600. The van der Waals surface area contributed by atoms with Gasteiger partial charge in [-0.3, -0.25) is 86.6 Å². The molecule has 3 saturated heterocycles. The molecule has 3 aliphatic rings. The third-order valence-electron chi connectivity index (χ3n) is 21.1. The highest BCUT2D eigenvalue weighted by Crippen LogP contribution is 2.29. The molecule has 14 amide bonds. The molecule has 4 heterocycles. The number of para-hydroxylation sites is 1. The average Bonchev–Trinajstić information content (AvgIpc) is 1.73. The summed E-state index contributed by atoms with van der Waals surface area (Å²) in [4.78, 5) is 255. The SMILES string of the molecule is CC(C)C[C@H](NC(=O)CCC[C@@H]1NC(=O)[C@H](Cc2c[nH]c3ccccc23)NC(=O)[C@@H]2CCCN2C(=O)[C@H](CCCCN)NC(=O)[C@H](CCCN=C(N)N)N(C(=O)[C@@H]2CCCN2C(=O)[C@H](CCCCN)NC(=O)[C@H](CC(N)=O)NC(=O)[C@H](CCC(=O)O)NC(=O)[C@H](Cc2ccc(O)cc2)NC(=O)[C@H](CC(C)C)NC(=O)[C@@H](N)CCC(=O)O)C1=O)C(=O)O. The van der Waals surface area contributed by atoms with Gasteiger partial charge in [-0.2, -0.15) is 0 Å². The van der Waals surface area contributed by atoms with Crippen molar-refractivity contribution in [3.63, 3.8) is 0 Å². The first kappa shape index (κ1) is 97.9. The molecule has 121 heavy (non-hydrogen) atoms. The van der Waals surface area contributed by atoms with Gasteiger partial charge in [0.25, 0.3) is 11.8 Å². The van der Waals surface area contributed by atoms with Gasteiger partial charge in [-0.1, -0.05) is 58.0 Å². The number of unbranched alkanes of at least 4 members (excludes halogenated alkanes) is 2. The maximum atomic E-state index is 16.5. The van der Waals surface area contributed by atoms with Gasteiger partial charge < -0.3 is 117 Å². The maximum absolute atomic E-state index is 16.5. The van der Waals surface area contributed by atoms with Crippen molar-refractivity contribution in [3.8, 4) is 5.75 Å². The van der Waals surface area contributed by atoms with Crippen LogP contribution < -0.4 is 82.3 Å². The third kappa shape index (κ3) is 30.7. The van der Waals surface area contributed by atoms with Crippen molar-refractivity contribution < 1.29 is 102 Å². The average molecular weight is 1700 g/mol. The molecule has 41 nitrogen and oxygen atoms in total. The Bertz CT molecular complexity index is 4170. The number of fused-ring (bicyclic) bond motifs is 2. The summed E-state index contributed by atoms with van der Waals surface area (Å²) in [6.45, 7) is 6.64. The number of nitrogens with one attached hydrogen (secondary N) is 10. The highest BCUT2D eigenvalue weighted by molar-refractivity contribution is 6.08. The predicted molar refractivity (Wildman–Crippen MR) is 438 cm³/mol. The minimum atomic E-state index is -2.05. The summed E-state index contributed by atoms with van der Waals surface area (Å²) in [6, 6.07) is -8.90. The molecule has 0 aliphatic carbocycles. The van der Waals surface area contributed by atoms with Crippen LogP contribution in [0.5, 0.6) is 5.75 Å². The predicted octanol–water partition coefficient (Wildman–Crippen LogP) is -2.67. The maximum Gasteiger partial charge on any atom is 0.326 e. The van der Waals surface area contributed by atoms with Crippen LogP contribution in [-0.2, 0) is 94.3 Å². The highest BCUT2D eigenvalue weighted by atomic mass is 16.4. The third-order valence-corrected chi connectivity index (χ3v) is 21.1. The number of likely N-dealkylation sites (tertiary alicyclic amines) is 1. The lowest BCUT2D eigenvalue weighted by Crippen LogP contribution is -2.64.